The number of carboxylic acids is 1. The van der Waals surface area contributed by atoms with Crippen molar-refractivity contribution in [3.8, 4) is 0 Å². The Morgan fingerprint density at radius 1 is 1.50 bits per heavy atom. The predicted molar refractivity (Wildman–Crippen MR) is 74.1 cm³/mol. The average Bonchev–Trinajstić information content (AvgIpc) is 2.77. The highest BCUT2D eigenvalue weighted by molar-refractivity contribution is 7.99. The van der Waals surface area contributed by atoms with Crippen LogP contribution < -0.4 is 0 Å². The molecule has 4 nitrogen and oxygen atoms in total. The number of imidazole rings is 1. The number of aromatic nitrogens is 2. The van der Waals surface area contributed by atoms with Crippen LogP contribution in [-0.4, -0.2) is 26.4 Å². The fraction of sp³-hybridized carbons (Fsp3) is 0.692. The fourth-order valence-electron chi connectivity index (χ4n) is 1.90. The molecule has 2 unspecified atom stereocenters. The second-order valence-electron chi connectivity index (χ2n) is 4.56. The summed E-state index contributed by atoms with van der Waals surface area (Å²) in [6.45, 7) is 8.67. The van der Waals surface area contributed by atoms with Gasteiger partial charge in [-0.3, -0.25) is 4.79 Å². The molecule has 0 aliphatic rings. The maximum atomic E-state index is 10.7. The van der Waals surface area contributed by atoms with Gasteiger partial charge in [0.15, 0.2) is 5.16 Å². The lowest BCUT2D eigenvalue weighted by atomic mass is 10.0. The molecule has 18 heavy (non-hydrogen) atoms. The number of aliphatic carboxylic acids is 1. The van der Waals surface area contributed by atoms with Gasteiger partial charge in [-0.15, -0.1) is 0 Å². The van der Waals surface area contributed by atoms with Gasteiger partial charge in [-0.05, 0) is 19.3 Å². The molecule has 1 aromatic rings. The molecule has 0 fully saturated rings. The lowest BCUT2D eigenvalue weighted by molar-refractivity contribution is -0.133. The molecule has 0 spiro atoms. The molecule has 0 bridgehead atoms. The lowest BCUT2D eigenvalue weighted by Gasteiger charge is -2.24. The SMILES string of the molecule is CCc1cnc(SCC(=O)O)n1C(C)C(C)CC. The Kier molecular flexibility index (Phi) is 5.72. The third kappa shape index (κ3) is 3.51. The minimum atomic E-state index is -0.802. The molecule has 1 aromatic heterocycles. The van der Waals surface area contributed by atoms with Gasteiger partial charge in [0, 0.05) is 17.9 Å². The van der Waals surface area contributed by atoms with Gasteiger partial charge in [0.25, 0.3) is 0 Å². The fourth-order valence-corrected chi connectivity index (χ4v) is 2.71. The van der Waals surface area contributed by atoms with Crippen LogP contribution in [0.1, 0.15) is 45.9 Å². The van der Waals surface area contributed by atoms with Crippen molar-refractivity contribution >= 4 is 17.7 Å². The van der Waals surface area contributed by atoms with Crippen molar-refractivity contribution in [1.29, 1.82) is 0 Å². The van der Waals surface area contributed by atoms with Gasteiger partial charge in [0.05, 0.1) is 5.75 Å². The Hall–Kier alpha value is -0.970. The van der Waals surface area contributed by atoms with Crippen LogP contribution in [0.25, 0.3) is 0 Å². The van der Waals surface area contributed by atoms with Gasteiger partial charge in [0.1, 0.15) is 0 Å². The van der Waals surface area contributed by atoms with E-state index in [2.05, 4.69) is 37.2 Å². The van der Waals surface area contributed by atoms with E-state index in [0.29, 0.717) is 12.0 Å². The highest BCUT2D eigenvalue weighted by Gasteiger charge is 2.19. The Morgan fingerprint density at radius 2 is 2.17 bits per heavy atom. The van der Waals surface area contributed by atoms with Crippen molar-refractivity contribution in [2.75, 3.05) is 5.75 Å². The molecular formula is C13H22N2O2S. The summed E-state index contributed by atoms with van der Waals surface area (Å²) in [4.78, 5) is 15.0. The van der Waals surface area contributed by atoms with Crippen LogP contribution in [0.15, 0.2) is 11.4 Å². The topological polar surface area (TPSA) is 55.1 Å². The molecule has 5 heteroatoms. The number of hydrogen-bond donors (Lipinski definition) is 1. The lowest BCUT2D eigenvalue weighted by Crippen LogP contribution is -2.17. The van der Waals surface area contributed by atoms with Crippen molar-refractivity contribution in [3.05, 3.63) is 11.9 Å². The molecule has 0 aromatic carbocycles. The van der Waals surface area contributed by atoms with E-state index in [-0.39, 0.29) is 5.75 Å². The van der Waals surface area contributed by atoms with Crippen LogP contribution in [0.4, 0.5) is 0 Å². The highest BCUT2D eigenvalue weighted by atomic mass is 32.2. The van der Waals surface area contributed by atoms with Crippen LogP contribution in [0.2, 0.25) is 0 Å². The zero-order valence-electron chi connectivity index (χ0n) is 11.5. The Balaban J connectivity index is 2.97. The van der Waals surface area contributed by atoms with Crippen molar-refractivity contribution < 1.29 is 9.90 Å². The molecule has 1 N–H and O–H groups in total. The van der Waals surface area contributed by atoms with Gasteiger partial charge in [-0.2, -0.15) is 0 Å². The molecule has 0 saturated carbocycles. The van der Waals surface area contributed by atoms with E-state index in [1.54, 1.807) is 0 Å². The zero-order valence-corrected chi connectivity index (χ0v) is 12.3. The first-order chi connectivity index (χ1) is 8.51. The number of carbonyl (C=O) groups is 1. The van der Waals surface area contributed by atoms with Crippen molar-refractivity contribution in [2.24, 2.45) is 5.92 Å². The third-order valence-electron chi connectivity index (χ3n) is 3.40. The second-order valence-corrected chi connectivity index (χ2v) is 5.51. The molecule has 0 saturated heterocycles. The van der Waals surface area contributed by atoms with Crippen molar-refractivity contribution in [3.63, 3.8) is 0 Å². The largest absolute Gasteiger partial charge is 0.481 e. The Bertz CT molecular complexity index is 404. The van der Waals surface area contributed by atoms with Crippen molar-refractivity contribution in [2.45, 2.75) is 51.7 Å². The van der Waals surface area contributed by atoms with Gasteiger partial charge in [0.2, 0.25) is 0 Å². The molecule has 102 valence electrons. The number of rotatable bonds is 7. The van der Waals surface area contributed by atoms with Crippen LogP contribution in [0.5, 0.6) is 0 Å². The Morgan fingerprint density at radius 3 is 2.67 bits per heavy atom. The number of carboxylic acid groups (broad SMARTS) is 1. The summed E-state index contributed by atoms with van der Waals surface area (Å²) in [5.41, 5.74) is 1.18. The summed E-state index contributed by atoms with van der Waals surface area (Å²) in [5, 5.41) is 9.59. The van der Waals surface area contributed by atoms with Crippen LogP contribution >= 0.6 is 11.8 Å². The molecule has 0 radical (unpaired) electrons. The van der Waals surface area contributed by atoms with Crippen molar-refractivity contribution in [1.82, 2.24) is 9.55 Å². The third-order valence-corrected chi connectivity index (χ3v) is 4.35. The van der Waals surface area contributed by atoms with E-state index < -0.39 is 5.97 Å². The normalized spacial score (nSPS) is 14.4. The first-order valence-electron chi connectivity index (χ1n) is 6.41. The second kappa shape index (κ2) is 6.83. The molecule has 0 aliphatic carbocycles. The maximum absolute atomic E-state index is 10.7. The minimum Gasteiger partial charge on any atom is -0.481 e. The number of thioether (sulfide) groups is 1. The molecule has 1 rings (SSSR count). The van der Waals surface area contributed by atoms with Gasteiger partial charge >= 0.3 is 5.97 Å². The highest BCUT2D eigenvalue weighted by Crippen LogP contribution is 2.28. The van der Waals surface area contributed by atoms with Crippen LogP contribution in [0.3, 0.4) is 0 Å². The minimum absolute atomic E-state index is 0.0629. The molecule has 1 heterocycles. The summed E-state index contributed by atoms with van der Waals surface area (Å²) >= 11 is 1.30. The van der Waals surface area contributed by atoms with Gasteiger partial charge < -0.3 is 9.67 Å². The predicted octanol–water partition coefficient (Wildman–Crippen LogP) is 3.23. The molecule has 0 amide bonds. The van der Waals surface area contributed by atoms with Gasteiger partial charge in [-0.25, -0.2) is 4.98 Å². The number of hydrogen-bond acceptors (Lipinski definition) is 3. The summed E-state index contributed by atoms with van der Waals surface area (Å²) in [5.74, 6) is -0.189. The quantitative estimate of drug-likeness (QED) is 0.773. The van der Waals surface area contributed by atoms with E-state index in [1.807, 2.05) is 6.20 Å². The van der Waals surface area contributed by atoms with Gasteiger partial charge in [-0.1, -0.05) is 39.0 Å². The average molecular weight is 270 g/mol. The summed E-state index contributed by atoms with van der Waals surface area (Å²) in [7, 11) is 0. The van der Waals surface area contributed by atoms with E-state index in [0.717, 1.165) is 18.0 Å². The van der Waals surface area contributed by atoms with E-state index >= 15 is 0 Å². The van der Waals surface area contributed by atoms with Crippen LogP contribution in [-0.2, 0) is 11.2 Å². The maximum Gasteiger partial charge on any atom is 0.313 e. The molecule has 2 atom stereocenters. The standard InChI is InChI=1S/C13H22N2O2S/c1-5-9(3)10(4)15-11(6-2)7-14-13(15)18-8-12(16)17/h7,9-10H,5-6,8H2,1-4H3,(H,16,17). The summed E-state index contributed by atoms with van der Waals surface area (Å²) < 4.78 is 2.20. The first kappa shape index (κ1) is 15.1. The van der Waals surface area contributed by atoms with E-state index in [9.17, 15) is 4.79 Å². The smallest absolute Gasteiger partial charge is 0.313 e. The summed E-state index contributed by atoms with van der Waals surface area (Å²) in [6.07, 6.45) is 3.88. The Labute approximate surface area is 113 Å². The van der Waals surface area contributed by atoms with E-state index in [1.165, 1.54) is 17.5 Å². The monoisotopic (exact) mass is 270 g/mol. The summed E-state index contributed by atoms with van der Waals surface area (Å²) in [6, 6.07) is 0.351. The number of nitrogens with zero attached hydrogens (tertiary/aromatic N) is 2. The molecular weight excluding hydrogens is 248 g/mol. The molecule has 0 aliphatic heterocycles. The van der Waals surface area contributed by atoms with E-state index in [4.69, 9.17) is 5.11 Å². The number of aryl methyl sites for hydroxylation is 1. The zero-order chi connectivity index (χ0) is 13.7. The first-order valence-corrected chi connectivity index (χ1v) is 7.40. The van der Waals surface area contributed by atoms with Crippen LogP contribution in [0, 0.1) is 5.92 Å².